The van der Waals surface area contributed by atoms with Crippen molar-refractivity contribution in [2.45, 2.75) is 0 Å². The summed E-state index contributed by atoms with van der Waals surface area (Å²) >= 11 is 0. The number of hydrogen-bond acceptors (Lipinski definition) is 6. The van der Waals surface area contributed by atoms with E-state index in [9.17, 15) is 4.79 Å². The smallest absolute Gasteiger partial charge is 0.363 e. The zero-order chi connectivity index (χ0) is 18.6. The van der Waals surface area contributed by atoms with E-state index in [0.29, 0.717) is 11.3 Å². The van der Waals surface area contributed by atoms with Gasteiger partial charge < -0.3 is 19.1 Å². The molecule has 2 aliphatic heterocycles. The first kappa shape index (κ1) is 17.3. The van der Waals surface area contributed by atoms with Crippen molar-refractivity contribution < 1.29 is 19.0 Å². The van der Waals surface area contributed by atoms with Crippen molar-refractivity contribution in [1.82, 2.24) is 0 Å². The van der Waals surface area contributed by atoms with Gasteiger partial charge in [0.25, 0.3) is 0 Å². The maximum atomic E-state index is 12.2. The zero-order valence-electron chi connectivity index (χ0n) is 15.1. The lowest BCUT2D eigenvalue weighted by atomic mass is 10.1. The molecule has 0 amide bonds. The van der Waals surface area contributed by atoms with Gasteiger partial charge in [-0.3, -0.25) is 0 Å². The Labute approximate surface area is 157 Å². The third-order valence-electron chi connectivity index (χ3n) is 4.51. The van der Waals surface area contributed by atoms with Crippen LogP contribution in [0, 0.1) is 0 Å². The Bertz CT molecular complexity index is 897. The lowest BCUT2D eigenvalue weighted by Gasteiger charge is -2.28. The van der Waals surface area contributed by atoms with E-state index in [1.807, 2.05) is 42.5 Å². The molecule has 2 aliphatic rings. The number of morpholine rings is 1. The van der Waals surface area contributed by atoms with E-state index in [4.69, 9.17) is 14.2 Å². The number of anilines is 1. The van der Waals surface area contributed by atoms with Gasteiger partial charge in [-0.1, -0.05) is 18.2 Å². The molecule has 0 aliphatic carbocycles. The second kappa shape index (κ2) is 7.63. The molecule has 0 radical (unpaired) electrons. The fourth-order valence-corrected chi connectivity index (χ4v) is 3.05. The first-order chi connectivity index (χ1) is 13.2. The van der Waals surface area contributed by atoms with Crippen molar-refractivity contribution in [3.05, 3.63) is 65.4 Å². The Morgan fingerprint density at radius 1 is 1.11 bits per heavy atom. The summed E-state index contributed by atoms with van der Waals surface area (Å²) in [5, 5.41) is 0. The van der Waals surface area contributed by atoms with E-state index in [1.165, 1.54) is 0 Å². The molecule has 138 valence electrons. The molecule has 4 rings (SSSR count). The van der Waals surface area contributed by atoms with Gasteiger partial charge in [-0.05, 0) is 42.0 Å². The molecule has 6 heteroatoms. The SMILES string of the molecule is COc1cccc(C2=N/C(=C/c3ccc(N4CCOCC4)cc3)C(=O)O2)c1. The van der Waals surface area contributed by atoms with Gasteiger partial charge in [-0.15, -0.1) is 0 Å². The van der Waals surface area contributed by atoms with Crippen molar-refractivity contribution in [2.24, 2.45) is 4.99 Å². The van der Waals surface area contributed by atoms with Crippen LogP contribution in [-0.4, -0.2) is 45.3 Å². The number of carbonyl (C=O) groups is 1. The van der Waals surface area contributed by atoms with Gasteiger partial charge in [-0.25, -0.2) is 9.79 Å². The molecule has 27 heavy (non-hydrogen) atoms. The minimum absolute atomic E-state index is 0.284. The van der Waals surface area contributed by atoms with Crippen molar-refractivity contribution in [1.29, 1.82) is 0 Å². The molecule has 6 nitrogen and oxygen atoms in total. The van der Waals surface area contributed by atoms with E-state index in [0.717, 1.165) is 37.6 Å². The minimum Gasteiger partial charge on any atom is -0.497 e. The Hall–Kier alpha value is -3.12. The highest BCUT2D eigenvalue weighted by molar-refractivity contribution is 6.13. The van der Waals surface area contributed by atoms with Gasteiger partial charge in [0.1, 0.15) is 5.75 Å². The summed E-state index contributed by atoms with van der Waals surface area (Å²) in [6.07, 6.45) is 1.73. The van der Waals surface area contributed by atoms with Gasteiger partial charge >= 0.3 is 5.97 Å². The molecular formula is C21H20N2O4. The summed E-state index contributed by atoms with van der Waals surface area (Å²) in [6, 6.07) is 15.3. The third kappa shape index (κ3) is 3.85. The van der Waals surface area contributed by atoms with E-state index >= 15 is 0 Å². The average Bonchev–Trinajstić information content (AvgIpc) is 3.10. The summed E-state index contributed by atoms with van der Waals surface area (Å²) in [5.74, 6) is 0.516. The van der Waals surface area contributed by atoms with Crippen LogP contribution in [0.2, 0.25) is 0 Å². The van der Waals surface area contributed by atoms with Gasteiger partial charge in [0.15, 0.2) is 5.70 Å². The van der Waals surface area contributed by atoms with Crippen LogP contribution in [0.4, 0.5) is 5.69 Å². The van der Waals surface area contributed by atoms with E-state index in [-0.39, 0.29) is 11.6 Å². The van der Waals surface area contributed by atoms with Crippen LogP contribution >= 0.6 is 0 Å². The molecule has 0 atom stereocenters. The topological polar surface area (TPSA) is 60.4 Å². The van der Waals surface area contributed by atoms with Gasteiger partial charge in [0.05, 0.1) is 20.3 Å². The molecule has 0 unspecified atom stereocenters. The number of benzene rings is 2. The molecule has 0 bridgehead atoms. The van der Waals surface area contributed by atoms with Crippen LogP contribution in [0.5, 0.6) is 5.75 Å². The Morgan fingerprint density at radius 3 is 2.63 bits per heavy atom. The monoisotopic (exact) mass is 364 g/mol. The molecule has 0 saturated carbocycles. The second-order valence-corrected chi connectivity index (χ2v) is 6.26. The van der Waals surface area contributed by atoms with Crippen LogP contribution in [0.3, 0.4) is 0 Å². The second-order valence-electron chi connectivity index (χ2n) is 6.26. The number of methoxy groups -OCH3 is 1. The molecule has 0 aromatic heterocycles. The number of cyclic esters (lactones) is 1. The summed E-state index contributed by atoms with van der Waals surface area (Å²) in [5.41, 5.74) is 3.03. The van der Waals surface area contributed by atoms with Crippen LogP contribution in [0.25, 0.3) is 6.08 Å². The lowest BCUT2D eigenvalue weighted by molar-refractivity contribution is -0.129. The zero-order valence-corrected chi connectivity index (χ0v) is 15.1. The highest BCUT2D eigenvalue weighted by Gasteiger charge is 2.24. The number of aliphatic imine (C=N–C) groups is 1. The average molecular weight is 364 g/mol. The van der Waals surface area contributed by atoms with Crippen molar-refractivity contribution in [3.63, 3.8) is 0 Å². The van der Waals surface area contributed by atoms with E-state index < -0.39 is 5.97 Å². The van der Waals surface area contributed by atoms with Crippen LogP contribution < -0.4 is 9.64 Å². The molecular weight excluding hydrogens is 344 g/mol. The van der Waals surface area contributed by atoms with Crippen LogP contribution in [0.15, 0.2) is 59.2 Å². The first-order valence-electron chi connectivity index (χ1n) is 8.83. The summed E-state index contributed by atoms with van der Waals surface area (Å²) in [6.45, 7) is 3.28. The molecule has 2 heterocycles. The van der Waals surface area contributed by atoms with E-state index in [1.54, 1.807) is 19.3 Å². The molecule has 2 aromatic carbocycles. The Morgan fingerprint density at radius 2 is 1.89 bits per heavy atom. The summed E-state index contributed by atoms with van der Waals surface area (Å²) in [7, 11) is 1.59. The van der Waals surface area contributed by atoms with Gasteiger partial charge in [-0.2, -0.15) is 0 Å². The third-order valence-corrected chi connectivity index (χ3v) is 4.51. The quantitative estimate of drug-likeness (QED) is 0.617. The maximum Gasteiger partial charge on any atom is 0.363 e. The Balaban J connectivity index is 1.54. The highest BCUT2D eigenvalue weighted by atomic mass is 16.6. The molecule has 1 saturated heterocycles. The van der Waals surface area contributed by atoms with Gasteiger partial charge in [0, 0.05) is 24.3 Å². The maximum absolute atomic E-state index is 12.2. The molecule has 2 aromatic rings. The van der Waals surface area contributed by atoms with Crippen molar-refractivity contribution in [2.75, 3.05) is 38.3 Å². The summed E-state index contributed by atoms with van der Waals surface area (Å²) in [4.78, 5) is 18.8. The van der Waals surface area contributed by atoms with Crippen LogP contribution in [-0.2, 0) is 14.3 Å². The number of carbonyl (C=O) groups excluding carboxylic acids is 1. The number of hydrogen-bond donors (Lipinski definition) is 0. The largest absolute Gasteiger partial charge is 0.497 e. The number of ether oxygens (including phenoxy) is 3. The summed E-state index contributed by atoms with van der Waals surface area (Å²) < 4.78 is 15.9. The van der Waals surface area contributed by atoms with Crippen molar-refractivity contribution in [3.8, 4) is 5.75 Å². The predicted molar refractivity (Wildman–Crippen MR) is 103 cm³/mol. The minimum atomic E-state index is -0.454. The normalized spacial score (nSPS) is 18.4. The molecule has 0 spiro atoms. The number of rotatable bonds is 4. The predicted octanol–water partition coefficient (Wildman–Crippen LogP) is 2.88. The highest BCUT2D eigenvalue weighted by Crippen LogP contribution is 2.23. The van der Waals surface area contributed by atoms with Crippen LogP contribution in [0.1, 0.15) is 11.1 Å². The Kier molecular flexibility index (Phi) is 4.89. The van der Waals surface area contributed by atoms with E-state index in [2.05, 4.69) is 9.89 Å². The number of esters is 1. The van der Waals surface area contributed by atoms with Crippen molar-refractivity contribution >= 4 is 23.6 Å². The fraction of sp³-hybridized carbons (Fsp3) is 0.238. The fourth-order valence-electron chi connectivity index (χ4n) is 3.05. The molecule has 0 N–H and O–H groups in total. The first-order valence-corrected chi connectivity index (χ1v) is 8.83. The molecule has 1 fully saturated rings. The lowest BCUT2D eigenvalue weighted by Crippen LogP contribution is -2.36. The van der Waals surface area contributed by atoms with Gasteiger partial charge in [0.2, 0.25) is 5.90 Å². The number of nitrogens with zero attached hydrogens (tertiary/aromatic N) is 2. The standard InChI is InChI=1S/C21H20N2O4/c1-25-18-4-2-3-16(14-18)20-22-19(21(24)27-20)13-15-5-7-17(8-6-15)23-9-11-26-12-10-23/h2-8,13-14H,9-12H2,1H3/b19-13+.